The summed E-state index contributed by atoms with van der Waals surface area (Å²) < 4.78 is 5.21. The largest absolute Gasteiger partial charge is 0.451 e. The van der Waals surface area contributed by atoms with E-state index < -0.39 is 5.97 Å². The van der Waals surface area contributed by atoms with Gasteiger partial charge in [0.15, 0.2) is 6.61 Å². The van der Waals surface area contributed by atoms with E-state index in [1.54, 1.807) is 0 Å². The minimum atomic E-state index is -0.413. The van der Waals surface area contributed by atoms with Crippen LogP contribution in [-0.2, 0) is 22.4 Å². The number of amides is 1. The number of ether oxygens (including phenoxy) is 1. The zero-order chi connectivity index (χ0) is 19.4. The number of rotatable bonds is 6. The highest BCUT2D eigenvalue weighted by Gasteiger charge is 2.21. The molecule has 1 aromatic carbocycles. The number of carbonyl (C=O) groups excluding carboxylic acids is 2. The molecule has 0 spiro atoms. The fraction of sp³-hybridized carbons (Fsp3) is 0.455. The Hall–Kier alpha value is -2.14. The first-order valence-corrected chi connectivity index (χ1v) is 10.5. The monoisotopic (exact) mass is 385 g/mol. The van der Waals surface area contributed by atoms with Gasteiger partial charge < -0.3 is 10.1 Å². The van der Waals surface area contributed by atoms with E-state index in [2.05, 4.69) is 26.1 Å². The molecule has 2 aromatic rings. The molecule has 1 N–H and O–H groups in total. The Kier molecular flexibility index (Phi) is 6.32. The Bertz CT molecular complexity index is 809. The summed E-state index contributed by atoms with van der Waals surface area (Å²) >= 11 is 1.50. The summed E-state index contributed by atoms with van der Waals surface area (Å²) in [5, 5.41) is 2.77. The van der Waals surface area contributed by atoms with Gasteiger partial charge in [-0.3, -0.25) is 4.79 Å². The minimum Gasteiger partial charge on any atom is -0.451 e. The predicted molar refractivity (Wildman–Crippen MR) is 110 cm³/mol. The summed E-state index contributed by atoms with van der Waals surface area (Å²) in [5.74, 6) is 0.419. The van der Waals surface area contributed by atoms with Gasteiger partial charge in [-0.2, -0.15) is 0 Å². The number of fused-ring (bicyclic) bond motifs is 1. The van der Waals surface area contributed by atoms with Gasteiger partial charge in [0, 0.05) is 10.6 Å². The number of thiophene rings is 1. The first kappa shape index (κ1) is 19.6. The molecule has 2 atom stereocenters. The van der Waals surface area contributed by atoms with Crippen LogP contribution < -0.4 is 5.32 Å². The van der Waals surface area contributed by atoms with Crippen molar-refractivity contribution in [1.29, 1.82) is 0 Å². The molecule has 0 radical (unpaired) electrons. The van der Waals surface area contributed by atoms with Crippen LogP contribution in [0.1, 0.15) is 65.2 Å². The van der Waals surface area contributed by atoms with E-state index in [4.69, 9.17) is 4.74 Å². The second-order valence-corrected chi connectivity index (χ2v) is 8.60. The van der Waals surface area contributed by atoms with E-state index in [1.165, 1.54) is 33.8 Å². The third-order valence-corrected chi connectivity index (χ3v) is 6.46. The third kappa shape index (κ3) is 4.98. The third-order valence-electron chi connectivity index (χ3n) is 5.24. The Labute approximate surface area is 164 Å². The number of carbonyl (C=O) groups is 2. The molecule has 0 aliphatic heterocycles. The Morgan fingerprint density at radius 3 is 2.74 bits per heavy atom. The number of esters is 1. The van der Waals surface area contributed by atoms with Gasteiger partial charge in [-0.1, -0.05) is 32.9 Å². The molecule has 1 amide bonds. The normalized spacial score (nSPS) is 17.1. The topological polar surface area (TPSA) is 55.4 Å². The maximum absolute atomic E-state index is 12.3. The Morgan fingerprint density at radius 2 is 2.04 bits per heavy atom. The van der Waals surface area contributed by atoms with Crippen LogP contribution in [0.3, 0.4) is 0 Å². The molecule has 0 fully saturated rings. The highest BCUT2D eigenvalue weighted by Crippen LogP contribution is 2.32. The summed E-state index contributed by atoms with van der Waals surface area (Å²) in [6.07, 6.45) is 4.29. The van der Waals surface area contributed by atoms with Crippen molar-refractivity contribution >= 4 is 28.9 Å². The fourth-order valence-electron chi connectivity index (χ4n) is 3.34. The number of hydrogen-bond donors (Lipinski definition) is 1. The van der Waals surface area contributed by atoms with Crippen LogP contribution in [0.25, 0.3) is 0 Å². The minimum absolute atomic E-state index is 0.273. The molecule has 27 heavy (non-hydrogen) atoms. The summed E-state index contributed by atoms with van der Waals surface area (Å²) in [4.78, 5) is 26.2. The SMILES string of the molecule is CC[C@@H](C)c1ccc(NC(=O)COC(=O)c2cc3c(s2)CC[C@H](C)C3)cc1. The van der Waals surface area contributed by atoms with Crippen molar-refractivity contribution in [1.82, 2.24) is 0 Å². The average Bonchev–Trinajstić information content (AvgIpc) is 3.09. The van der Waals surface area contributed by atoms with E-state index >= 15 is 0 Å². The zero-order valence-electron chi connectivity index (χ0n) is 16.2. The molecule has 0 saturated heterocycles. The molecule has 1 heterocycles. The molecule has 0 saturated carbocycles. The van der Waals surface area contributed by atoms with Crippen LogP contribution in [0, 0.1) is 5.92 Å². The Morgan fingerprint density at radius 1 is 1.30 bits per heavy atom. The van der Waals surface area contributed by atoms with E-state index in [1.807, 2.05) is 30.3 Å². The van der Waals surface area contributed by atoms with Crippen molar-refractivity contribution in [3.8, 4) is 0 Å². The lowest BCUT2D eigenvalue weighted by molar-refractivity contribution is -0.119. The van der Waals surface area contributed by atoms with Crippen LogP contribution >= 0.6 is 11.3 Å². The summed E-state index contributed by atoms with van der Waals surface area (Å²) in [5.41, 5.74) is 3.22. The van der Waals surface area contributed by atoms with Gasteiger partial charge in [-0.05, 0) is 66.8 Å². The van der Waals surface area contributed by atoms with Crippen molar-refractivity contribution in [2.24, 2.45) is 5.92 Å². The van der Waals surface area contributed by atoms with E-state index in [0.29, 0.717) is 22.4 Å². The van der Waals surface area contributed by atoms with Crippen LogP contribution in [0.5, 0.6) is 0 Å². The molecule has 0 unspecified atom stereocenters. The average molecular weight is 386 g/mol. The van der Waals surface area contributed by atoms with Gasteiger partial charge in [-0.25, -0.2) is 4.79 Å². The Balaban J connectivity index is 1.51. The second-order valence-electron chi connectivity index (χ2n) is 7.46. The second kappa shape index (κ2) is 8.70. The smallest absolute Gasteiger partial charge is 0.348 e. The number of aryl methyl sites for hydroxylation is 1. The standard InChI is InChI=1S/C22H27NO3S/c1-4-15(3)16-6-8-18(9-7-16)23-21(24)13-26-22(25)20-12-17-11-14(2)5-10-19(17)27-20/h6-9,12,14-15H,4-5,10-11,13H2,1-3H3,(H,23,24)/t14-,15+/m0/s1. The zero-order valence-corrected chi connectivity index (χ0v) is 17.0. The van der Waals surface area contributed by atoms with Crippen molar-refractivity contribution in [3.63, 3.8) is 0 Å². The van der Waals surface area contributed by atoms with Gasteiger partial charge >= 0.3 is 5.97 Å². The molecule has 3 rings (SSSR count). The van der Waals surface area contributed by atoms with Crippen LogP contribution in [0.4, 0.5) is 5.69 Å². The van der Waals surface area contributed by atoms with Gasteiger partial charge in [0.1, 0.15) is 4.88 Å². The van der Waals surface area contributed by atoms with Crippen molar-refractivity contribution in [2.75, 3.05) is 11.9 Å². The van der Waals surface area contributed by atoms with Crippen LogP contribution in [-0.4, -0.2) is 18.5 Å². The highest BCUT2D eigenvalue weighted by atomic mass is 32.1. The molecule has 1 aliphatic rings. The summed E-state index contributed by atoms with van der Waals surface area (Å²) in [7, 11) is 0. The lowest BCUT2D eigenvalue weighted by Gasteiger charge is -2.16. The fourth-order valence-corrected chi connectivity index (χ4v) is 4.44. The van der Waals surface area contributed by atoms with E-state index in [-0.39, 0.29) is 12.5 Å². The van der Waals surface area contributed by atoms with Crippen LogP contribution in [0.15, 0.2) is 30.3 Å². The van der Waals surface area contributed by atoms with Crippen molar-refractivity contribution < 1.29 is 14.3 Å². The highest BCUT2D eigenvalue weighted by molar-refractivity contribution is 7.14. The van der Waals surface area contributed by atoms with Gasteiger partial charge in [0.05, 0.1) is 0 Å². The molecule has 0 bridgehead atoms. The van der Waals surface area contributed by atoms with Crippen molar-refractivity contribution in [3.05, 3.63) is 51.2 Å². The van der Waals surface area contributed by atoms with Gasteiger partial charge in [-0.15, -0.1) is 11.3 Å². The number of hydrogen-bond acceptors (Lipinski definition) is 4. The van der Waals surface area contributed by atoms with E-state index in [0.717, 1.165) is 19.3 Å². The molecular formula is C22H27NO3S. The first-order valence-electron chi connectivity index (χ1n) is 9.64. The summed E-state index contributed by atoms with van der Waals surface area (Å²) in [6, 6.07) is 9.74. The summed E-state index contributed by atoms with van der Waals surface area (Å²) in [6.45, 7) is 6.29. The predicted octanol–water partition coefficient (Wildman–Crippen LogP) is 5.18. The molecular weight excluding hydrogens is 358 g/mol. The van der Waals surface area contributed by atoms with Gasteiger partial charge in [0.25, 0.3) is 5.91 Å². The van der Waals surface area contributed by atoms with Crippen LogP contribution in [0.2, 0.25) is 0 Å². The quantitative estimate of drug-likeness (QED) is 0.697. The maximum atomic E-state index is 12.3. The number of anilines is 1. The van der Waals surface area contributed by atoms with Crippen molar-refractivity contribution in [2.45, 2.75) is 52.4 Å². The number of nitrogens with one attached hydrogen (secondary N) is 1. The number of benzene rings is 1. The molecule has 144 valence electrons. The van der Waals surface area contributed by atoms with E-state index in [9.17, 15) is 9.59 Å². The maximum Gasteiger partial charge on any atom is 0.348 e. The molecule has 1 aliphatic carbocycles. The lowest BCUT2D eigenvalue weighted by Crippen LogP contribution is -2.20. The first-order chi connectivity index (χ1) is 13.0. The molecule has 4 nitrogen and oxygen atoms in total. The lowest BCUT2D eigenvalue weighted by atomic mass is 9.90. The molecule has 1 aromatic heterocycles. The molecule has 5 heteroatoms. The van der Waals surface area contributed by atoms with Gasteiger partial charge in [0.2, 0.25) is 0 Å².